The third kappa shape index (κ3) is 2.56. The molecule has 0 amide bonds. The summed E-state index contributed by atoms with van der Waals surface area (Å²) < 4.78 is 0. The largest absolute Gasteiger partial charge is 0.389 e. The lowest BCUT2D eigenvalue weighted by Gasteiger charge is -2.23. The van der Waals surface area contributed by atoms with E-state index in [-0.39, 0.29) is 0 Å². The summed E-state index contributed by atoms with van der Waals surface area (Å²) in [4.78, 5) is 2.40. The summed E-state index contributed by atoms with van der Waals surface area (Å²) in [5.41, 5.74) is 3.63. The van der Waals surface area contributed by atoms with Gasteiger partial charge < -0.3 is 10.0 Å². The van der Waals surface area contributed by atoms with E-state index in [1.165, 1.54) is 17.7 Å². The highest BCUT2D eigenvalue weighted by atomic mass is 16.3. The standard InChI is InChI=1S/C18H21NO/c1-14(20)17-9-5-6-10-18(17)19-12-11-16(13-19)15-7-3-2-4-8-15/h2-10,14,16,20H,11-13H2,1H3/t14-,16?/m0/s1. The summed E-state index contributed by atoms with van der Waals surface area (Å²) in [7, 11) is 0. The number of para-hydroxylation sites is 1. The Kier molecular flexibility index (Phi) is 3.75. The normalized spacial score (nSPS) is 20.1. The third-order valence-electron chi connectivity index (χ3n) is 4.19. The molecule has 20 heavy (non-hydrogen) atoms. The van der Waals surface area contributed by atoms with Crippen LogP contribution in [0.4, 0.5) is 5.69 Å². The second kappa shape index (κ2) is 5.68. The fourth-order valence-electron chi connectivity index (χ4n) is 3.11. The monoisotopic (exact) mass is 267 g/mol. The van der Waals surface area contributed by atoms with Gasteiger partial charge in [0.1, 0.15) is 0 Å². The van der Waals surface area contributed by atoms with Crippen LogP contribution in [0.5, 0.6) is 0 Å². The first-order chi connectivity index (χ1) is 9.75. The van der Waals surface area contributed by atoms with Crippen molar-refractivity contribution in [3.05, 3.63) is 65.7 Å². The van der Waals surface area contributed by atoms with Crippen molar-refractivity contribution in [1.82, 2.24) is 0 Å². The molecule has 2 heteroatoms. The zero-order valence-electron chi connectivity index (χ0n) is 11.9. The summed E-state index contributed by atoms with van der Waals surface area (Å²) in [6.07, 6.45) is 0.764. The van der Waals surface area contributed by atoms with E-state index >= 15 is 0 Å². The van der Waals surface area contributed by atoms with Gasteiger partial charge in [0.2, 0.25) is 0 Å². The van der Waals surface area contributed by atoms with E-state index in [9.17, 15) is 5.11 Å². The minimum absolute atomic E-state index is 0.415. The molecule has 1 heterocycles. The average Bonchev–Trinajstić information content (AvgIpc) is 2.98. The molecular formula is C18H21NO. The van der Waals surface area contributed by atoms with Crippen molar-refractivity contribution in [2.24, 2.45) is 0 Å². The van der Waals surface area contributed by atoms with Crippen molar-refractivity contribution in [1.29, 1.82) is 0 Å². The van der Waals surface area contributed by atoms with Crippen LogP contribution in [0.25, 0.3) is 0 Å². The van der Waals surface area contributed by atoms with Crippen LogP contribution in [0.15, 0.2) is 54.6 Å². The summed E-state index contributed by atoms with van der Waals surface area (Å²) in [5.74, 6) is 0.596. The van der Waals surface area contributed by atoms with Crippen LogP contribution in [0.2, 0.25) is 0 Å². The topological polar surface area (TPSA) is 23.5 Å². The average molecular weight is 267 g/mol. The van der Waals surface area contributed by atoms with Crippen LogP contribution in [0, 0.1) is 0 Å². The highest BCUT2D eigenvalue weighted by molar-refractivity contribution is 5.55. The number of rotatable bonds is 3. The Balaban J connectivity index is 1.81. The summed E-state index contributed by atoms with van der Waals surface area (Å²) in [6, 6.07) is 18.9. The predicted molar refractivity (Wildman–Crippen MR) is 83.1 cm³/mol. The number of anilines is 1. The molecule has 104 valence electrons. The lowest BCUT2D eigenvalue weighted by atomic mass is 9.99. The van der Waals surface area contributed by atoms with Gasteiger partial charge in [-0.25, -0.2) is 0 Å². The van der Waals surface area contributed by atoms with Gasteiger partial charge in [-0.15, -0.1) is 0 Å². The molecule has 2 aromatic rings. The van der Waals surface area contributed by atoms with Gasteiger partial charge in [-0.05, 0) is 25.0 Å². The minimum atomic E-state index is -0.415. The van der Waals surface area contributed by atoms with Crippen LogP contribution in [0.1, 0.15) is 36.5 Å². The Bertz CT molecular complexity index is 565. The lowest BCUT2D eigenvalue weighted by molar-refractivity contribution is 0.199. The van der Waals surface area contributed by atoms with Crippen LogP contribution in [-0.2, 0) is 0 Å². The van der Waals surface area contributed by atoms with Crippen molar-refractivity contribution in [3.63, 3.8) is 0 Å². The molecule has 3 rings (SSSR count). The molecule has 0 aliphatic carbocycles. The molecule has 1 N–H and O–H groups in total. The van der Waals surface area contributed by atoms with Gasteiger partial charge in [-0.2, -0.15) is 0 Å². The second-order valence-electron chi connectivity index (χ2n) is 5.58. The number of hydrogen-bond donors (Lipinski definition) is 1. The molecule has 0 bridgehead atoms. The van der Waals surface area contributed by atoms with Crippen LogP contribution >= 0.6 is 0 Å². The molecule has 1 aliphatic heterocycles. The lowest BCUT2D eigenvalue weighted by Crippen LogP contribution is -2.21. The van der Waals surface area contributed by atoms with E-state index in [1.807, 2.05) is 19.1 Å². The fourth-order valence-corrected chi connectivity index (χ4v) is 3.11. The van der Waals surface area contributed by atoms with E-state index < -0.39 is 6.10 Å². The van der Waals surface area contributed by atoms with Crippen molar-refractivity contribution < 1.29 is 5.11 Å². The minimum Gasteiger partial charge on any atom is -0.389 e. The zero-order valence-corrected chi connectivity index (χ0v) is 11.9. The molecule has 2 nitrogen and oxygen atoms in total. The first-order valence-electron chi connectivity index (χ1n) is 7.32. The van der Waals surface area contributed by atoms with Gasteiger partial charge in [0, 0.05) is 30.3 Å². The highest BCUT2D eigenvalue weighted by Gasteiger charge is 2.25. The molecule has 2 atom stereocenters. The molecule has 1 unspecified atom stereocenters. The van der Waals surface area contributed by atoms with Gasteiger partial charge in [-0.1, -0.05) is 48.5 Å². The molecule has 1 fully saturated rings. The molecule has 0 aromatic heterocycles. The predicted octanol–water partition coefficient (Wildman–Crippen LogP) is 3.73. The van der Waals surface area contributed by atoms with E-state index in [1.54, 1.807) is 0 Å². The number of hydrogen-bond acceptors (Lipinski definition) is 2. The van der Waals surface area contributed by atoms with Crippen LogP contribution in [-0.4, -0.2) is 18.2 Å². The van der Waals surface area contributed by atoms with Crippen LogP contribution in [0.3, 0.4) is 0 Å². The first-order valence-corrected chi connectivity index (χ1v) is 7.32. The number of aliphatic hydroxyl groups excluding tert-OH is 1. The van der Waals surface area contributed by atoms with Gasteiger partial charge >= 0.3 is 0 Å². The molecule has 0 spiro atoms. The summed E-state index contributed by atoms with van der Waals surface area (Å²) >= 11 is 0. The molecule has 2 aromatic carbocycles. The van der Waals surface area contributed by atoms with E-state index in [0.29, 0.717) is 5.92 Å². The Morgan fingerprint density at radius 2 is 1.75 bits per heavy atom. The number of nitrogens with zero attached hydrogens (tertiary/aromatic N) is 1. The smallest absolute Gasteiger partial charge is 0.0781 e. The maximum absolute atomic E-state index is 9.92. The molecule has 0 radical (unpaired) electrons. The van der Waals surface area contributed by atoms with Crippen molar-refractivity contribution in [2.75, 3.05) is 18.0 Å². The summed E-state index contributed by atoms with van der Waals surface area (Å²) in [6.45, 7) is 3.93. The van der Waals surface area contributed by atoms with E-state index in [0.717, 1.165) is 18.7 Å². The van der Waals surface area contributed by atoms with Crippen molar-refractivity contribution >= 4 is 5.69 Å². The number of benzene rings is 2. The van der Waals surface area contributed by atoms with Gasteiger partial charge in [-0.3, -0.25) is 0 Å². The Morgan fingerprint density at radius 3 is 2.50 bits per heavy atom. The zero-order chi connectivity index (χ0) is 13.9. The van der Waals surface area contributed by atoms with Crippen molar-refractivity contribution in [3.8, 4) is 0 Å². The maximum atomic E-state index is 9.92. The van der Waals surface area contributed by atoms with E-state index in [4.69, 9.17) is 0 Å². The molecule has 1 saturated heterocycles. The summed E-state index contributed by atoms with van der Waals surface area (Å²) in [5, 5.41) is 9.92. The van der Waals surface area contributed by atoms with Gasteiger partial charge in [0.05, 0.1) is 6.10 Å². The molecule has 0 saturated carbocycles. The van der Waals surface area contributed by atoms with Gasteiger partial charge in [0.25, 0.3) is 0 Å². The van der Waals surface area contributed by atoms with E-state index in [2.05, 4.69) is 47.4 Å². The molecule has 1 aliphatic rings. The van der Waals surface area contributed by atoms with Gasteiger partial charge in [0.15, 0.2) is 0 Å². The Labute approximate surface area is 120 Å². The number of aliphatic hydroxyl groups is 1. The highest BCUT2D eigenvalue weighted by Crippen LogP contribution is 2.34. The SMILES string of the molecule is C[C@H](O)c1ccccc1N1CCC(c2ccccc2)C1. The maximum Gasteiger partial charge on any atom is 0.0781 e. The van der Waals surface area contributed by atoms with Crippen molar-refractivity contribution in [2.45, 2.75) is 25.4 Å². The second-order valence-corrected chi connectivity index (χ2v) is 5.58. The third-order valence-corrected chi connectivity index (χ3v) is 4.19. The fraction of sp³-hybridized carbons (Fsp3) is 0.333. The Hall–Kier alpha value is -1.80. The van der Waals surface area contributed by atoms with Crippen LogP contribution < -0.4 is 4.90 Å². The molecular weight excluding hydrogens is 246 g/mol. The quantitative estimate of drug-likeness (QED) is 0.916. The first kappa shape index (κ1) is 13.2. The Morgan fingerprint density at radius 1 is 1.05 bits per heavy atom.